The fraction of sp³-hybridized carbons (Fsp3) is 0.562. The highest BCUT2D eigenvalue weighted by molar-refractivity contribution is 7.89. The lowest BCUT2D eigenvalue weighted by Crippen LogP contribution is -2.39. The number of aryl methyl sites for hydroxylation is 1. The molecule has 1 N–H and O–H groups in total. The normalized spacial score (nSPS) is 17.8. The molecule has 5 nitrogen and oxygen atoms in total. The van der Waals surface area contributed by atoms with E-state index in [4.69, 9.17) is 0 Å². The Morgan fingerprint density at radius 1 is 1.30 bits per heavy atom. The number of carbonyl (C=O) groups is 1. The van der Waals surface area contributed by atoms with E-state index >= 15 is 0 Å². The summed E-state index contributed by atoms with van der Waals surface area (Å²) >= 11 is 0. The fourth-order valence-corrected chi connectivity index (χ4v) is 4.26. The number of benzene rings is 1. The van der Waals surface area contributed by atoms with Gasteiger partial charge in [-0.15, -0.1) is 0 Å². The molecular weight excluding hydrogens is 319 g/mol. The molecule has 128 valence electrons. The van der Waals surface area contributed by atoms with Crippen molar-refractivity contribution in [3.05, 3.63) is 35.6 Å². The van der Waals surface area contributed by atoms with Crippen molar-refractivity contribution in [2.45, 2.75) is 32.1 Å². The second-order valence-corrected chi connectivity index (χ2v) is 7.84. The largest absolute Gasteiger partial charge is 0.356 e. The van der Waals surface area contributed by atoms with Crippen molar-refractivity contribution >= 4 is 15.9 Å². The molecule has 1 aromatic rings. The van der Waals surface area contributed by atoms with E-state index in [1.165, 1.54) is 16.4 Å². The summed E-state index contributed by atoms with van der Waals surface area (Å²) in [5.41, 5.74) is 0.791. The molecule has 0 bridgehead atoms. The molecule has 1 heterocycles. The number of hydrogen-bond acceptors (Lipinski definition) is 3. The number of sulfonamides is 1. The van der Waals surface area contributed by atoms with E-state index < -0.39 is 10.0 Å². The number of nitrogens with zero attached hydrogens (tertiary/aromatic N) is 1. The van der Waals surface area contributed by atoms with Crippen LogP contribution in [0.15, 0.2) is 24.3 Å². The lowest BCUT2D eigenvalue weighted by molar-refractivity contribution is -0.121. The van der Waals surface area contributed by atoms with Crippen LogP contribution in [0, 0.1) is 5.82 Å². The van der Waals surface area contributed by atoms with Crippen LogP contribution in [0.1, 0.15) is 31.2 Å². The quantitative estimate of drug-likeness (QED) is 0.767. The SMILES string of the molecule is O=C(CCc1cccc(F)c1)NCCCN1CCCCS1(=O)=O. The maximum atomic E-state index is 13.0. The van der Waals surface area contributed by atoms with E-state index in [0.29, 0.717) is 38.9 Å². The third kappa shape index (κ3) is 5.91. The Kier molecular flexibility index (Phi) is 6.53. The van der Waals surface area contributed by atoms with Gasteiger partial charge >= 0.3 is 0 Å². The molecule has 2 rings (SSSR count). The van der Waals surface area contributed by atoms with Crippen molar-refractivity contribution in [1.82, 2.24) is 9.62 Å². The van der Waals surface area contributed by atoms with E-state index in [2.05, 4.69) is 5.32 Å². The third-order valence-corrected chi connectivity index (χ3v) is 5.85. The van der Waals surface area contributed by atoms with Crippen LogP contribution in [0.5, 0.6) is 0 Å². The number of rotatable bonds is 7. The highest BCUT2D eigenvalue weighted by Crippen LogP contribution is 2.13. The van der Waals surface area contributed by atoms with Crippen molar-refractivity contribution in [3.63, 3.8) is 0 Å². The summed E-state index contributed by atoms with van der Waals surface area (Å²) < 4.78 is 38.1. The topological polar surface area (TPSA) is 66.5 Å². The van der Waals surface area contributed by atoms with Crippen LogP contribution in [0.2, 0.25) is 0 Å². The number of nitrogens with one attached hydrogen (secondary N) is 1. The highest BCUT2D eigenvalue weighted by Gasteiger charge is 2.24. The molecule has 0 atom stereocenters. The van der Waals surface area contributed by atoms with E-state index in [1.54, 1.807) is 12.1 Å². The summed E-state index contributed by atoms with van der Waals surface area (Å²) in [7, 11) is -3.09. The minimum absolute atomic E-state index is 0.101. The van der Waals surface area contributed by atoms with E-state index in [0.717, 1.165) is 18.4 Å². The Hall–Kier alpha value is -1.47. The van der Waals surface area contributed by atoms with Crippen molar-refractivity contribution in [1.29, 1.82) is 0 Å². The maximum Gasteiger partial charge on any atom is 0.220 e. The Morgan fingerprint density at radius 2 is 2.13 bits per heavy atom. The van der Waals surface area contributed by atoms with Crippen LogP contribution in [0.25, 0.3) is 0 Å². The van der Waals surface area contributed by atoms with Gasteiger partial charge in [0.25, 0.3) is 0 Å². The van der Waals surface area contributed by atoms with E-state index in [-0.39, 0.29) is 17.5 Å². The smallest absolute Gasteiger partial charge is 0.220 e. The van der Waals surface area contributed by atoms with Crippen LogP contribution in [0.4, 0.5) is 4.39 Å². The summed E-state index contributed by atoms with van der Waals surface area (Å²) in [6.45, 7) is 1.48. The van der Waals surface area contributed by atoms with Gasteiger partial charge in [0.15, 0.2) is 0 Å². The molecule has 23 heavy (non-hydrogen) atoms. The first kappa shape index (κ1) is 17.9. The van der Waals surface area contributed by atoms with Crippen molar-refractivity contribution < 1.29 is 17.6 Å². The minimum atomic E-state index is -3.09. The fourth-order valence-electron chi connectivity index (χ4n) is 2.61. The zero-order valence-corrected chi connectivity index (χ0v) is 13.9. The molecule has 0 aromatic heterocycles. The van der Waals surface area contributed by atoms with Gasteiger partial charge in [0.05, 0.1) is 5.75 Å². The summed E-state index contributed by atoms with van der Waals surface area (Å²) in [6.07, 6.45) is 3.02. The zero-order chi connectivity index (χ0) is 16.7. The molecule has 0 spiro atoms. The Bertz CT molecular complexity index is 634. The molecule has 1 aliphatic heterocycles. The van der Waals surface area contributed by atoms with Crippen molar-refractivity contribution in [3.8, 4) is 0 Å². The molecule has 0 radical (unpaired) electrons. The second kappa shape index (κ2) is 8.40. The Labute approximate surface area is 136 Å². The van der Waals surface area contributed by atoms with Crippen LogP contribution in [-0.4, -0.2) is 44.0 Å². The zero-order valence-electron chi connectivity index (χ0n) is 13.1. The second-order valence-electron chi connectivity index (χ2n) is 5.76. The summed E-state index contributed by atoms with van der Waals surface area (Å²) in [6, 6.07) is 6.21. The highest BCUT2D eigenvalue weighted by atomic mass is 32.2. The first-order valence-electron chi connectivity index (χ1n) is 7.96. The first-order chi connectivity index (χ1) is 11.0. The maximum absolute atomic E-state index is 13.0. The van der Waals surface area contributed by atoms with Gasteiger partial charge < -0.3 is 5.32 Å². The molecule has 1 saturated heterocycles. The lowest BCUT2D eigenvalue weighted by Gasteiger charge is -2.26. The summed E-state index contributed by atoms with van der Waals surface area (Å²) in [5, 5.41) is 2.78. The number of hydrogen-bond donors (Lipinski definition) is 1. The molecule has 0 aliphatic carbocycles. The molecule has 1 aliphatic rings. The average molecular weight is 342 g/mol. The number of halogens is 1. The first-order valence-corrected chi connectivity index (χ1v) is 9.57. The molecule has 0 unspecified atom stereocenters. The summed E-state index contributed by atoms with van der Waals surface area (Å²) in [5.74, 6) is -0.172. The van der Waals surface area contributed by atoms with E-state index in [1.807, 2.05) is 0 Å². The van der Waals surface area contributed by atoms with Gasteiger partial charge in [-0.1, -0.05) is 12.1 Å². The van der Waals surface area contributed by atoms with Crippen LogP contribution >= 0.6 is 0 Å². The summed E-state index contributed by atoms with van der Waals surface area (Å²) in [4.78, 5) is 11.7. The Morgan fingerprint density at radius 3 is 2.87 bits per heavy atom. The number of carbonyl (C=O) groups excluding carboxylic acids is 1. The Balaban J connectivity index is 1.63. The third-order valence-electron chi connectivity index (χ3n) is 3.89. The monoisotopic (exact) mass is 342 g/mol. The lowest BCUT2D eigenvalue weighted by atomic mass is 10.1. The van der Waals surface area contributed by atoms with Crippen LogP contribution < -0.4 is 5.32 Å². The number of amides is 1. The van der Waals surface area contributed by atoms with Crippen LogP contribution in [0.3, 0.4) is 0 Å². The molecule has 1 amide bonds. The molecular formula is C16H23FN2O3S. The van der Waals surface area contributed by atoms with Gasteiger partial charge in [-0.2, -0.15) is 0 Å². The van der Waals surface area contributed by atoms with Crippen LogP contribution in [-0.2, 0) is 21.2 Å². The predicted molar refractivity (Wildman–Crippen MR) is 86.9 cm³/mol. The van der Waals surface area contributed by atoms with Gasteiger partial charge in [-0.3, -0.25) is 4.79 Å². The molecule has 7 heteroatoms. The average Bonchev–Trinajstić information content (AvgIpc) is 2.50. The van der Waals surface area contributed by atoms with Crippen molar-refractivity contribution in [2.24, 2.45) is 0 Å². The molecule has 1 fully saturated rings. The van der Waals surface area contributed by atoms with Crippen molar-refractivity contribution in [2.75, 3.05) is 25.4 Å². The van der Waals surface area contributed by atoms with E-state index in [9.17, 15) is 17.6 Å². The van der Waals surface area contributed by atoms with Gasteiger partial charge in [-0.25, -0.2) is 17.1 Å². The predicted octanol–water partition coefficient (Wildman–Crippen LogP) is 1.69. The molecule has 0 saturated carbocycles. The standard InChI is InChI=1S/C16H23FN2O3S/c17-15-6-3-5-14(13-15)7-8-16(20)18-9-4-11-19-10-1-2-12-23(19,21)22/h3,5-6,13H,1-2,4,7-12H2,(H,18,20). The molecule has 1 aromatic carbocycles. The van der Waals surface area contributed by atoms with Gasteiger partial charge in [0, 0.05) is 26.1 Å². The van der Waals surface area contributed by atoms with Gasteiger partial charge in [0.2, 0.25) is 15.9 Å². The van der Waals surface area contributed by atoms with Gasteiger partial charge in [-0.05, 0) is 43.4 Å². The van der Waals surface area contributed by atoms with Gasteiger partial charge in [0.1, 0.15) is 5.82 Å². The minimum Gasteiger partial charge on any atom is -0.356 e.